The van der Waals surface area contributed by atoms with Gasteiger partial charge >= 0.3 is 0 Å². The molecule has 0 N–H and O–H groups in total. The molecule has 0 bridgehead atoms. The second-order valence-electron chi connectivity index (χ2n) is 3.67. The molecule has 0 aliphatic rings. The molecule has 0 heterocycles. The highest BCUT2D eigenvalue weighted by Crippen LogP contribution is 2.01. The van der Waals surface area contributed by atoms with E-state index >= 15 is 0 Å². The maximum Gasteiger partial charge on any atom is 0.264 e. The number of nitrogens with zero attached hydrogens (tertiary/aromatic N) is 1. The Morgan fingerprint density at radius 2 is 1.22 bits per heavy atom. The first-order valence-corrected chi connectivity index (χ1v) is 9.17. The van der Waals surface area contributed by atoms with Crippen LogP contribution < -0.4 is 0 Å². The third-order valence-electron chi connectivity index (χ3n) is 1.68. The summed E-state index contributed by atoms with van der Waals surface area (Å²) in [6.45, 7) is 1.02. The lowest BCUT2D eigenvalue weighted by atomic mass is 10.4. The summed E-state index contributed by atoms with van der Waals surface area (Å²) >= 11 is 5.80. The second kappa shape index (κ2) is 8.28. The quantitative estimate of drug-likeness (QED) is 0.322. The van der Waals surface area contributed by atoms with E-state index in [1.165, 1.54) is 4.42 Å². The third-order valence-corrected chi connectivity index (χ3v) is 3.21. The smallest absolute Gasteiger partial charge is 0.264 e. The first-order valence-electron chi connectivity index (χ1n) is 5.20. The Bertz CT molecular complexity index is 381. The Morgan fingerprint density at radius 3 is 1.50 bits per heavy atom. The highest BCUT2D eigenvalue weighted by atomic mass is 35.5. The van der Waals surface area contributed by atoms with Gasteiger partial charge in [0.05, 0.1) is 25.7 Å². The molecule has 0 unspecified atom stereocenters. The van der Waals surface area contributed by atoms with Crippen LogP contribution in [0.15, 0.2) is 0 Å². The van der Waals surface area contributed by atoms with Gasteiger partial charge in [-0.25, -0.2) is 4.42 Å². The summed E-state index contributed by atoms with van der Waals surface area (Å²) in [6, 6.07) is 0. The van der Waals surface area contributed by atoms with Crippen molar-refractivity contribution in [2.45, 2.75) is 12.8 Å². The highest BCUT2D eigenvalue weighted by Gasteiger charge is 2.05. The van der Waals surface area contributed by atoms with Gasteiger partial charge in [0, 0.05) is 13.1 Å². The van der Waals surface area contributed by atoms with Gasteiger partial charge in [-0.1, -0.05) is 0 Å². The molecule has 0 rings (SSSR count). The van der Waals surface area contributed by atoms with E-state index in [1.807, 2.05) is 0 Å². The zero-order valence-electron chi connectivity index (χ0n) is 10.3. The Balaban J connectivity index is 3.52. The zero-order chi connectivity index (χ0) is 14.2. The van der Waals surface area contributed by atoms with Crippen molar-refractivity contribution in [2.24, 2.45) is 0 Å². The first kappa shape index (κ1) is 18.1. The van der Waals surface area contributed by atoms with Gasteiger partial charge in [0.1, 0.15) is 0 Å². The fraction of sp³-hybridized carbons (Fsp3) is 1.00. The summed E-state index contributed by atoms with van der Waals surface area (Å²) in [6.07, 6.45) is 2.88. The van der Waals surface area contributed by atoms with Crippen LogP contribution in [0.3, 0.4) is 0 Å². The minimum Gasteiger partial charge on any atom is -0.270 e. The molecular weight excluding hydrogens is 306 g/mol. The molecule has 0 saturated carbocycles. The van der Waals surface area contributed by atoms with Gasteiger partial charge in [0.2, 0.25) is 0 Å². The lowest BCUT2D eigenvalue weighted by Gasteiger charge is -2.12. The van der Waals surface area contributed by atoms with E-state index in [4.69, 9.17) is 11.8 Å². The lowest BCUT2D eigenvalue weighted by molar-refractivity contribution is 0.278. The van der Waals surface area contributed by atoms with E-state index in [2.05, 4.69) is 8.37 Å². The molecule has 0 amide bonds. The van der Waals surface area contributed by atoms with Crippen molar-refractivity contribution in [3.05, 3.63) is 0 Å². The largest absolute Gasteiger partial charge is 0.270 e. The van der Waals surface area contributed by atoms with Crippen molar-refractivity contribution in [3.8, 4) is 0 Å². The maximum atomic E-state index is 10.6. The zero-order valence-corrected chi connectivity index (χ0v) is 12.7. The molecule has 0 aliphatic heterocycles. The number of rotatable bonds is 10. The van der Waals surface area contributed by atoms with Crippen LogP contribution in [0.2, 0.25) is 0 Å². The summed E-state index contributed by atoms with van der Waals surface area (Å²) in [5.74, 6) is 0. The average molecular weight is 324 g/mol. The Morgan fingerprint density at radius 1 is 0.889 bits per heavy atom. The predicted molar refractivity (Wildman–Crippen MR) is 68.3 cm³/mol. The Hall–Kier alpha value is 0.0700. The SMILES string of the molecule is CS(=O)(=O)OCCCN(Cl)CCCOS(C)(=O)=O. The van der Waals surface area contributed by atoms with Crippen LogP contribution in [-0.4, -0.2) is 60.1 Å². The average Bonchev–Trinajstić information content (AvgIpc) is 2.17. The van der Waals surface area contributed by atoms with Gasteiger partial charge in [-0.05, 0) is 24.6 Å². The molecule has 0 atom stereocenters. The van der Waals surface area contributed by atoms with E-state index < -0.39 is 20.2 Å². The van der Waals surface area contributed by atoms with E-state index in [0.29, 0.717) is 25.9 Å². The number of halogens is 1. The Labute approximate surface area is 113 Å². The summed E-state index contributed by atoms with van der Waals surface area (Å²) in [4.78, 5) is 0. The molecule has 10 heteroatoms. The van der Waals surface area contributed by atoms with Gasteiger partial charge in [0.15, 0.2) is 0 Å². The van der Waals surface area contributed by atoms with Crippen LogP contribution in [0.5, 0.6) is 0 Å². The molecule has 0 saturated heterocycles. The van der Waals surface area contributed by atoms with E-state index in [0.717, 1.165) is 12.5 Å². The summed E-state index contributed by atoms with van der Waals surface area (Å²) in [5.41, 5.74) is 0. The van der Waals surface area contributed by atoms with Crippen molar-refractivity contribution in [1.29, 1.82) is 0 Å². The molecular formula is C8H18ClNO6S2. The van der Waals surface area contributed by atoms with Crippen molar-refractivity contribution in [2.75, 3.05) is 38.8 Å². The number of hydrogen-bond donors (Lipinski definition) is 0. The third kappa shape index (κ3) is 14.1. The van der Waals surface area contributed by atoms with Crippen molar-refractivity contribution < 1.29 is 25.2 Å². The molecule has 0 aromatic rings. The van der Waals surface area contributed by atoms with Crippen LogP contribution in [0, 0.1) is 0 Å². The topological polar surface area (TPSA) is 90.0 Å². The van der Waals surface area contributed by atoms with Gasteiger partial charge < -0.3 is 0 Å². The van der Waals surface area contributed by atoms with Crippen LogP contribution >= 0.6 is 11.8 Å². The van der Waals surface area contributed by atoms with Crippen molar-refractivity contribution in [3.63, 3.8) is 0 Å². The van der Waals surface area contributed by atoms with E-state index in [-0.39, 0.29) is 13.2 Å². The Kier molecular flexibility index (Phi) is 8.31. The van der Waals surface area contributed by atoms with Crippen LogP contribution in [0.25, 0.3) is 0 Å². The maximum absolute atomic E-state index is 10.6. The van der Waals surface area contributed by atoms with E-state index in [9.17, 15) is 16.8 Å². The molecule has 7 nitrogen and oxygen atoms in total. The molecule has 0 radical (unpaired) electrons. The summed E-state index contributed by atoms with van der Waals surface area (Å²) in [5, 5.41) is 0. The standard InChI is InChI=1S/C8H18ClNO6S2/c1-17(11,12)15-7-3-5-10(9)6-4-8-16-18(2,13)14/h3-8H2,1-2H3. The molecule has 110 valence electrons. The predicted octanol–water partition coefficient (Wildman–Crippen LogP) is 0.175. The minimum atomic E-state index is -3.41. The van der Waals surface area contributed by atoms with Crippen LogP contribution in [0.1, 0.15) is 12.8 Å². The van der Waals surface area contributed by atoms with Gasteiger partial charge in [-0.2, -0.15) is 16.8 Å². The molecule has 0 aliphatic carbocycles. The molecule has 0 spiro atoms. The molecule has 0 fully saturated rings. The fourth-order valence-electron chi connectivity index (χ4n) is 1.00. The van der Waals surface area contributed by atoms with Crippen molar-refractivity contribution in [1.82, 2.24) is 4.42 Å². The first-order chi connectivity index (χ1) is 8.10. The minimum absolute atomic E-state index is 0.0713. The monoisotopic (exact) mass is 323 g/mol. The van der Waals surface area contributed by atoms with Crippen LogP contribution in [0.4, 0.5) is 0 Å². The molecule has 0 aromatic carbocycles. The molecule has 18 heavy (non-hydrogen) atoms. The summed E-state index contributed by atoms with van der Waals surface area (Å²) < 4.78 is 53.0. The fourth-order valence-corrected chi connectivity index (χ4v) is 2.08. The lowest BCUT2D eigenvalue weighted by Crippen LogP contribution is -2.19. The van der Waals surface area contributed by atoms with Gasteiger partial charge in [0.25, 0.3) is 20.2 Å². The number of hydrogen-bond acceptors (Lipinski definition) is 7. The normalized spacial score (nSPS) is 13.1. The summed E-state index contributed by atoms with van der Waals surface area (Å²) in [7, 11) is -6.82. The van der Waals surface area contributed by atoms with Gasteiger partial charge in [-0.15, -0.1) is 0 Å². The van der Waals surface area contributed by atoms with Crippen LogP contribution in [-0.2, 0) is 28.6 Å². The van der Waals surface area contributed by atoms with E-state index in [1.54, 1.807) is 0 Å². The molecule has 0 aromatic heterocycles. The van der Waals surface area contributed by atoms with Crippen molar-refractivity contribution >= 4 is 32.0 Å². The highest BCUT2D eigenvalue weighted by molar-refractivity contribution is 7.86. The second-order valence-corrected chi connectivity index (χ2v) is 7.44. The van der Waals surface area contributed by atoms with Gasteiger partial charge in [-0.3, -0.25) is 8.37 Å².